The van der Waals surface area contributed by atoms with Gasteiger partial charge in [0.25, 0.3) is 0 Å². The molecule has 0 aliphatic carbocycles. The monoisotopic (exact) mass is 344 g/mol. The number of carbonyl (C=O) groups excluding carboxylic acids is 1. The van der Waals surface area contributed by atoms with E-state index in [4.69, 9.17) is 0 Å². The number of amides is 1. The number of rotatable bonds is 4. The van der Waals surface area contributed by atoms with Crippen molar-refractivity contribution in [1.82, 2.24) is 20.0 Å². The molecule has 25 heavy (non-hydrogen) atoms. The molecule has 6 heteroatoms. The van der Waals surface area contributed by atoms with Crippen molar-refractivity contribution in [2.45, 2.75) is 32.7 Å². The maximum Gasteiger partial charge on any atom is 0.223 e. The number of carbonyl (C=O) groups is 1. The molecular weight excluding hydrogens is 319 g/mol. The summed E-state index contributed by atoms with van der Waals surface area (Å²) in [5, 5.41) is 7.72. The maximum absolute atomic E-state index is 13.6. The van der Waals surface area contributed by atoms with Crippen molar-refractivity contribution >= 4 is 5.91 Å². The highest BCUT2D eigenvalue weighted by Gasteiger charge is 2.28. The van der Waals surface area contributed by atoms with Crippen LogP contribution in [-0.2, 0) is 18.3 Å². The zero-order chi connectivity index (χ0) is 18.0. The summed E-state index contributed by atoms with van der Waals surface area (Å²) in [5.74, 6) is -0.157. The van der Waals surface area contributed by atoms with Crippen LogP contribution in [-0.4, -0.2) is 40.2 Å². The molecule has 0 saturated carbocycles. The number of halogens is 1. The topological polar surface area (TPSA) is 50.2 Å². The standard InChI is InChI=1S/C19H25FN4O/c1-13-17(14(2)23(3)22-13)7-8-19(25)24-10-9-21-12-18(24)15-5-4-6-16(20)11-15/h4-6,11,18,21H,7-10,12H2,1-3H3. The average molecular weight is 344 g/mol. The van der Waals surface area contributed by atoms with Crippen LogP contribution in [0.3, 0.4) is 0 Å². The number of piperazine rings is 1. The molecular formula is C19H25FN4O. The van der Waals surface area contributed by atoms with Gasteiger partial charge in [-0.15, -0.1) is 0 Å². The van der Waals surface area contributed by atoms with E-state index in [-0.39, 0.29) is 17.8 Å². The van der Waals surface area contributed by atoms with E-state index in [1.807, 2.05) is 36.5 Å². The Hall–Kier alpha value is -2.21. The summed E-state index contributed by atoms with van der Waals surface area (Å²) in [5.41, 5.74) is 4.07. The van der Waals surface area contributed by atoms with Gasteiger partial charge in [0.1, 0.15) is 5.82 Å². The van der Waals surface area contributed by atoms with Crippen molar-refractivity contribution in [3.63, 3.8) is 0 Å². The van der Waals surface area contributed by atoms with Gasteiger partial charge in [0.05, 0.1) is 11.7 Å². The molecule has 134 valence electrons. The van der Waals surface area contributed by atoms with Crippen molar-refractivity contribution in [2.24, 2.45) is 7.05 Å². The van der Waals surface area contributed by atoms with Crippen LogP contribution in [0.2, 0.25) is 0 Å². The number of hydrogen-bond donors (Lipinski definition) is 1. The van der Waals surface area contributed by atoms with Crippen LogP contribution in [0.25, 0.3) is 0 Å². The Morgan fingerprint density at radius 2 is 2.20 bits per heavy atom. The normalized spacial score (nSPS) is 17.8. The molecule has 2 aromatic rings. The molecule has 0 radical (unpaired) electrons. The maximum atomic E-state index is 13.6. The highest BCUT2D eigenvalue weighted by molar-refractivity contribution is 5.77. The lowest BCUT2D eigenvalue weighted by Gasteiger charge is -2.36. The highest BCUT2D eigenvalue weighted by atomic mass is 19.1. The minimum atomic E-state index is -0.267. The van der Waals surface area contributed by atoms with E-state index in [0.29, 0.717) is 25.9 Å². The number of benzene rings is 1. The van der Waals surface area contributed by atoms with Gasteiger partial charge in [-0.2, -0.15) is 5.10 Å². The average Bonchev–Trinajstić information content (AvgIpc) is 2.85. The molecule has 1 aromatic carbocycles. The molecule has 1 amide bonds. The molecule has 2 heterocycles. The van der Waals surface area contributed by atoms with Gasteiger partial charge in [0.2, 0.25) is 5.91 Å². The lowest BCUT2D eigenvalue weighted by atomic mass is 10.0. The Morgan fingerprint density at radius 3 is 2.88 bits per heavy atom. The molecule has 1 N–H and O–H groups in total. The van der Waals surface area contributed by atoms with E-state index >= 15 is 0 Å². The Kier molecular flexibility index (Phi) is 5.18. The molecule has 1 unspecified atom stereocenters. The third-order valence-corrected chi connectivity index (χ3v) is 5.04. The SMILES string of the molecule is Cc1nn(C)c(C)c1CCC(=O)N1CCNCC1c1cccc(F)c1. The van der Waals surface area contributed by atoms with Crippen LogP contribution in [0.5, 0.6) is 0 Å². The molecule has 0 bridgehead atoms. The highest BCUT2D eigenvalue weighted by Crippen LogP contribution is 2.24. The predicted octanol–water partition coefficient (Wildman–Crippen LogP) is 2.28. The Labute approximate surface area is 147 Å². The van der Waals surface area contributed by atoms with E-state index in [9.17, 15) is 9.18 Å². The molecule has 1 aromatic heterocycles. The third kappa shape index (κ3) is 3.74. The van der Waals surface area contributed by atoms with Crippen molar-refractivity contribution < 1.29 is 9.18 Å². The zero-order valence-corrected chi connectivity index (χ0v) is 15.1. The van der Waals surface area contributed by atoms with E-state index in [1.165, 1.54) is 12.1 Å². The minimum Gasteiger partial charge on any atom is -0.333 e. The van der Waals surface area contributed by atoms with Gasteiger partial charge in [-0.25, -0.2) is 4.39 Å². The van der Waals surface area contributed by atoms with Gasteiger partial charge < -0.3 is 10.2 Å². The lowest BCUT2D eigenvalue weighted by Crippen LogP contribution is -2.48. The summed E-state index contributed by atoms with van der Waals surface area (Å²) in [6.07, 6.45) is 1.13. The molecule has 3 rings (SSSR count). The van der Waals surface area contributed by atoms with E-state index < -0.39 is 0 Å². The second-order valence-corrected chi connectivity index (χ2v) is 6.64. The minimum absolute atomic E-state index is 0.110. The summed E-state index contributed by atoms with van der Waals surface area (Å²) in [6.45, 7) is 6.07. The number of aryl methyl sites for hydroxylation is 2. The Balaban J connectivity index is 1.73. The van der Waals surface area contributed by atoms with Crippen LogP contribution >= 0.6 is 0 Å². The first-order valence-electron chi connectivity index (χ1n) is 8.72. The largest absolute Gasteiger partial charge is 0.333 e. The molecule has 1 aliphatic heterocycles. The van der Waals surface area contributed by atoms with E-state index in [2.05, 4.69) is 10.4 Å². The quantitative estimate of drug-likeness (QED) is 0.926. The van der Waals surface area contributed by atoms with Gasteiger partial charge in [-0.05, 0) is 43.5 Å². The Bertz CT molecular complexity index is 771. The summed E-state index contributed by atoms with van der Waals surface area (Å²) >= 11 is 0. The van der Waals surface area contributed by atoms with E-state index in [1.54, 1.807) is 6.07 Å². The molecule has 0 spiro atoms. The first kappa shape index (κ1) is 17.6. The summed E-state index contributed by atoms with van der Waals surface area (Å²) in [7, 11) is 1.92. The van der Waals surface area contributed by atoms with Gasteiger partial charge in [0.15, 0.2) is 0 Å². The van der Waals surface area contributed by atoms with Gasteiger partial charge >= 0.3 is 0 Å². The smallest absolute Gasteiger partial charge is 0.223 e. The van der Waals surface area contributed by atoms with Crippen LogP contribution < -0.4 is 5.32 Å². The first-order chi connectivity index (χ1) is 12.0. The van der Waals surface area contributed by atoms with Crippen molar-refractivity contribution in [3.8, 4) is 0 Å². The molecule has 1 saturated heterocycles. The van der Waals surface area contributed by atoms with Crippen LogP contribution in [0.4, 0.5) is 4.39 Å². The summed E-state index contributed by atoms with van der Waals surface area (Å²) < 4.78 is 15.4. The molecule has 1 fully saturated rings. The summed E-state index contributed by atoms with van der Waals surface area (Å²) in [4.78, 5) is 14.7. The number of nitrogens with zero attached hydrogens (tertiary/aromatic N) is 3. The molecule has 1 atom stereocenters. The predicted molar refractivity (Wildman–Crippen MR) is 94.7 cm³/mol. The Morgan fingerprint density at radius 1 is 1.40 bits per heavy atom. The van der Waals surface area contributed by atoms with E-state index in [0.717, 1.165) is 29.1 Å². The molecule has 1 aliphatic rings. The summed E-state index contributed by atoms with van der Waals surface area (Å²) in [6, 6.07) is 6.42. The molecule has 5 nitrogen and oxygen atoms in total. The van der Waals surface area contributed by atoms with Gasteiger partial charge in [-0.1, -0.05) is 12.1 Å². The first-order valence-corrected chi connectivity index (χ1v) is 8.72. The number of hydrogen-bond acceptors (Lipinski definition) is 3. The van der Waals surface area contributed by atoms with Crippen LogP contribution in [0.1, 0.15) is 35.0 Å². The number of nitrogens with one attached hydrogen (secondary N) is 1. The lowest BCUT2D eigenvalue weighted by molar-refractivity contribution is -0.134. The fourth-order valence-electron chi connectivity index (χ4n) is 3.57. The van der Waals surface area contributed by atoms with Crippen LogP contribution in [0.15, 0.2) is 24.3 Å². The fraction of sp³-hybridized carbons (Fsp3) is 0.474. The second kappa shape index (κ2) is 7.35. The van der Waals surface area contributed by atoms with Gasteiger partial charge in [0, 0.05) is 38.8 Å². The third-order valence-electron chi connectivity index (χ3n) is 5.04. The second-order valence-electron chi connectivity index (χ2n) is 6.64. The zero-order valence-electron chi connectivity index (χ0n) is 15.1. The van der Waals surface area contributed by atoms with Gasteiger partial charge in [-0.3, -0.25) is 9.48 Å². The van der Waals surface area contributed by atoms with Crippen LogP contribution in [0, 0.1) is 19.7 Å². The van der Waals surface area contributed by atoms with Crippen molar-refractivity contribution in [1.29, 1.82) is 0 Å². The fourth-order valence-corrected chi connectivity index (χ4v) is 3.57. The number of aromatic nitrogens is 2. The van der Waals surface area contributed by atoms with Crippen molar-refractivity contribution in [3.05, 3.63) is 52.6 Å². The van der Waals surface area contributed by atoms with Crippen molar-refractivity contribution in [2.75, 3.05) is 19.6 Å².